The van der Waals surface area contributed by atoms with Gasteiger partial charge in [-0.25, -0.2) is 9.98 Å². The van der Waals surface area contributed by atoms with Gasteiger partial charge in [0.05, 0.1) is 39.7 Å². The van der Waals surface area contributed by atoms with Gasteiger partial charge in [-0.3, -0.25) is 0 Å². The average Bonchev–Trinajstić information content (AvgIpc) is 4.01. The molecule has 0 fully saturated rings. The van der Waals surface area contributed by atoms with Crippen molar-refractivity contribution in [2.24, 2.45) is 9.98 Å². The fourth-order valence-electron chi connectivity index (χ4n) is 11.4. The van der Waals surface area contributed by atoms with Crippen LogP contribution in [-0.4, -0.2) is 26.8 Å². The minimum atomic E-state index is -0.402. The molecule has 2 aliphatic heterocycles. The number of benzene rings is 6. The second-order valence-electron chi connectivity index (χ2n) is 18.5. The van der Waals surface area contributed by atoms with Gasteiger partial charge in [0.15, 0.2) is 5.84 Å². The summed E-state index contributed by atoms with van der Waals surface area (Å²) in [4.78, 5) is 13.1. The summed E-state index contributed by atoms with van der Waals surface area (Å²) in [5.74, 6) is 1.54. The lowest BCUT2D eigenvalue weighted by Crippen LogP contribution is -2.34. The van der Waals surface area contributed by atoms with Gasteiger partial charge < -0.3 is 19.4 Å². The number of hydrogen-bond acceptors (Lipinski definition) is 5. The fraction of sp³-hybridized carbons (Fsp3) is 0.150. The summed E-state index contributed by atoms with van der Waals surface area (Å²) in [6.45, 7) is 4.42. The van der Waals surface area contributed by atoms with E-state index in [2.05, 4.69) is 191 Å². The summed E-state index contributed by atoms with van der Waals surface area (Å²) >= 11 is 0. The third-order valence-corrected chi connectivity index (χ3v) is 14.4. The van der Waals surface area contributed by atoms with E-state index in [9.17, 15) is 5.26 Å². The second kappa shape index (κ2) is 15.5. The van der Waals surface area contributed by atoms with Crippen LogP contribution in [0.15, 0.2) is 179 Å². The number of para-hydroxylation sites is 1. The van der Waals surface area contributed by atoms with E-state index >= 15 is 0 Å². The summed E-state index contributed by atoms with van der Waals surface area (Å²) < 4.78 is 4.89. The Kier molecular flexibility index (Phi) is 9.04. The van der Waals surface area contributed by atoms with Crippen molar-refractivity contribution in [2.75, 3.05) is 4.90 Å². The predicted octanol–water partition coefficient (Wildman–Crippen LogP) is 13.3. The molecular weight excluding hydrogens is 819 g/mol. The topological polar surface area (TPSA) is 73.6 Å². The average molecular weight is 866 g/mol. The lowest BCUT2D eigenvalue weighted by molar-refractivity contribution is 0.674. The van der Waals surface area contributed by atoms with E-state index < -0.39 is 6.17 Å². The largest absolute Gasteiger partial charge is 0.344 e. The lowest BCUT2D eigenvalue weighted by atomic mass is 9.90. The number of nitriles is 1. The van der Waals surface area contributed by atoms with Gasteiger partial charge in [0, 0.05) is 56.0 Å². The van der Waals surface area contributed by atoms with Gasteiger partial charge >= 0.3 is 0 Å². The van der Waals surface area contributed by atoms with E-state index in [-0.39, 0.29) is 12.0 Å². The van der Waals surface area contributed by atoms with Crippen LogP contribution in [0.25, 0.3) is 45.3 Å². The number of amidine groups is 2. The molecule has 2 aromatic heterocycles. The molecule has 1 N–H and O–H groups in total. The van der Waals surface area contributed by atoms with Gasteiger partial charge in [-0.15, -0.1) is 0 Å². The molecule has 0 spiro atoms. The van der Waals surface area contributed by atoms with Crippen LogP contribution in [0.2, 0.25) is 0 Å². The second-order valence-corrected chi connectivity index (χ2v) is 18.5. The van der Waals surface area contributed by atoms with E-state index in [4.69, 9.17) is 9.98 Å². The lowest BCUT2D eigenvalue weighted by Gasteiger charge is -2.29. The Hall–Kier alpha value is -8.21. The smallest absolute Gasteiger partial charge is 0.159 e. The molecule has 8 aromatic rings. The van der Waals surface area contributed by atoms with Crippen LogP contribution in [0.3, 0.4) is 0 Å². The summed E-state index contributed by atoms with van der Waals surface area (Å²) in [6.07, 6.45) is 19.3. The molecule has 4 heterocycles. The standard InChI is InChI=1S/C60H47N7/c1-37-26-29-51-46(32-37)47-33-38(2)27-30-52(47)66(51)55-35-54(41(36-61)34-48(55)60-63-58(39-16-6-3-7-17-39)62-59(64-60)40-18-8-4-9-19-40)67-50-25-15-13-23-45(50)56-53(67)31-28-44-43-22-12-14-24-49(43)65(57(44)56)42-20-10-5-11-21-42/h3-14,16-24,26,28-29,31-35,43,49,58H,15,25,27,30H2,1-2H3,(H,62,63,64). The predicted molar refractivity (Wildman–Crippen MR) is 274 cm³/mol. The number of aromatic nitrogens is 2. The molecule has 3 aliphatic carbocycles. The number of aryl methyl sites for hydroxylation is 1. The maximum absolute atomic E-state index is 11.5. The molecule has 0 amide bonds. The molecule has 0 saturated heterocycles. The van der Waals surface area contributed by atoms with Gasteiger partial charge in [0.25, 0.3) is 0 Å². The first kappa shape index (κ1) is 39.2. The number of aliphatic imine (C=N–C) groups is 2. The number of allylic oxidation sites excluding steroid dienone is 4. The molecule has 13 rings (SSSR count). The Morgan fingerprint density at radius 3 is 2.28 bits per heavy atom. The van der Waals surface area contributed by atoms with Crippen molar-refractivity contribution in [3.05, 3.63) is 225 Å². The zero-order valence-electron chi connectivity index (χ0n) is 37.5. The molecule has 7 nitrogen and oxygen atoms in total. The normalized spacial score (nSPS) is 19.0. The van der Waals surface area contributed by atoms with Crippen LogP contribution in [-0.2, 0) is 12.8 Å². The van der Waals surface area contributed by atoms with E-state index in [0.717, 1.165) is 64.8 Å². The van der Waals surface area contributed by atoms with Crippen LogP contribution >= 0.6 is 0 Å². The molecule has 3 unspecified atom stereocenters. The molecular formula is C60H47N7. The summed E-state index contributed by atoms with van der Waals surface area (Å²) in [6, 6.07) is 50.1. The number of fused-ring (bicyclic) bond motifs is 10. The molecule has 7 heteroatoms. The molecule has 0 radical (unpaired) electrons. The summed E-state index contributed by atoms with van der Waals surface area (Å²) in [7, 11) is 0. The third kappa shape index (κ3) is 6.17. The van der Waals surface area contributed by atoms with E-state index in [1.807, 2.05) is 24.3 Å². The van der Waals surface area contributed by atoms with Crippen LogP contribution in [0.1, 0.15) is 87.7 Å². The molecule has 6 aromatic carbocycles. The SMILES string of the molecule is CC1=Cc2c(n(-c3cc(-n4c5c(c6c7c(ccc64)C4C=CC=CC4N7c4ccccc4)C=CCC5)c(C#N)cc3C3=NC(c4ccccc4)=NC(c4ccccc4)N3)c3ccc(C)cc23)CC1. The van der Waals surface area contributed by atoms with Crippen LogP contribution in [0, 0.1) is 18.3 Å². The van der Waals surface area contributed by atoms with Gasteiger partial charge in [-0.1, -0.05) is 145 Å². The van der Waals surface area contributed by atoms with Crippen molar-refractivity contribution < 1.29 is 0 Å². The van der Waals surface area contributed by atoms with Gasteiger partial charge in [-0.05, 0) is 93.1 Å². The van der Waals surface area contributed by atoms with Crippen molar-refractivity contribution in [2.45, 2.75) is 57.7 Å². The van der Waals surface area contributed by atoms with E-state index in [1.165, 1.54) is 61.4 Å². The van der Waals surface area contributed by atoms with Crippen molar-refractivity contribution in [1.29, 1.82) is 5.26 Å². The first-order chi connectivity index (χ1) is 33.0. The fourth-order valence-corrected chi connectivity index (χ4v) is 11.4. The van der Waals surface area contributed by atoms with E-state index in [0.29, 0.717) is 17.2 Å². The van der Waals surface area contributed by atoms with Crippen molar-refractivity contribution in [3.8, 4) is 17.4 Å². The van der Waals surface area contributed by atoms with E-state index in [1.54, 1.807) is 0 Å². The van der Waals surface area contributed by atoms with Crippen molar-refractivity contribution in [3.63, 3.8) is 0 Å². The first-order valence-electron chi connectivity index (χ1n) is 23.5. The Labute approximate surface area is 390 Å². The number of anilines is 2. The van der Waals surface area contributed by atoms with Gasteiger partial charge in [0.1, 0.15) is 18.1 Å². The minimum absolute atomic E-state index is 0.155. The van der Waals surface area contributed by atoms with Crippen LogP contribution < -0.4 is 10.2 Å². The Bertz CT molecular complexity index is 3590. The first-order valence-corrected chi connectivity index (χ1v) is 23.5. The van der Waals surface area contributed by atoms with Crippen molar-refractivity contribution >= 4 is 57.0 Å². The van der Waals surface area contributed by atoms with Crippen LogP contribution in [0.4, 0.5) is 11.4 Å². The van der Waals surface area contributed by atoms with Gasteiger partial charge in [0.2, 0.25) is 0 Å². The molecule has 5 aliphatic rings. The minimum Gasteiger partial charge on any atom is -0.344 e. The van der Waals surface area contributed by atoms with Gasteiger partial charge in [-0.2, -0.15) is 5.26 Å². The summed E-state index contributed by atoms with van der Waals surface area (Å²) in [5.41, 5.74) is 18.8. The Balaban J connectivity index is 1.11. The quantitative estimate of drug-likeness (QED) is 0.181. The highest BCUT2D eigenvalue weighted by Gasteiger charge is 2.40. The maximum Gasteiger partial charge on any atom is 0.159 e. The van der Waals surface area contributed by atoms with Crippen LogP contribution in [0.5, 0.6) is 0 Å². The number of rotatable bonds is 6. The number of hydrogen-bond donors (Lipinski definition) is 1. The molecule has 322 valence electrons. The molecule has 3 atom stereocenters. The molecule has 0 saturated carbocycles. The Morgan fingerprint density at radius 2 is 1.46 bits per heavy atom. The third-order valence-electron chi connectivity index (χ3n) is 14.4. The highest BCUT2D eigenvalue weighted by molar-refractivity contribution is 6.15. The number of nitrogens with zero attached hydrogens (tertiary/aromatic N) is 6. The summed E-state index contributed by atoms with van der Waals surface area (Å²) in [5, 5.41) is 17.8. The maximum atomic E-state index is 11.5. The molecule has 67 heavy (non-hydrogen) atoms. The zero-order chi connectivity index (χ0) is 44.8. The highest BCUT2D eigenvalue weighted by Crippen LogP contribution is 2.53. The van der Waals surface area contributed by atoms with Crippen molar-refractivity contribution in [1.82, 2.24) is 14.5 Å². The monoisotopic (exact) mass is 865 g/mol. The Morgan fingerprint density at radius 1 is 0.716 bits per heavy atom. The number of nitrogens with one attached hydrogen (secondary N) is 1. The zero-order valence-corrected chi connectivity index (χ0v) is 37.5. The highest BCUT2D eigenvalue weighted by atomic mass is 15.2. The molecule has 0 bridgehead atoms.